The van der Waals surface area contributed by atoms with Crippen molar-refractivity contribution < 1.29 is 48.5 Å². The zero-order valence-corrected chi connectivity index (χ0v) is 31.2. The molecule has 1 fully saturated rings. The number of hydrogen-bond acceptors (Lipinski definition) is 10. The molecule has 3 heterocycles. The lowest BCUT2D eigenvalue weighted by molar-refractivity contribution is -0.145. The number of amides is 6. The number of phenols is 1. The summed E-state index contributed by atoms with van der Waals surface area (Å²) in [5, 5.41) is 31.2. The lowest BCUT2D eigenvalue weighted by Gasteiger charge is -2.34. The van der Waals surface area contributed by atoms with E-state index in [1.807, 2.05) is 0 Å². The van der Waals surface area contributed by atoms with Gasteiger partial charge in [0.1, 0.15) is 47.8 Å². The van der Waals surface area contributed by atoms with Crippen LogP contribution in [-0.4, -0.2) is 120 Å². The average Bonchev–Trinajstić information content (AvgIpc) is 3.17. The van der Waals surface area contributed by atoms with Crippen LogP contribution in [0.15, 0.2) is 66.7 Å². The van der Waals surface area contributed by atoms with Crippen LogP contribution in [0.5, 0.6) is 23.0 Å². The number of phenolic OH excluding ortho intramolecular Hbond substituents is 1. The van der Waals surface area contributed by atoms with E-state index in [2.05, 4.69) is 21.3 Å². The predicted octanol–water partition coefficient (Wildman–Crippen LogP) is 0.173. The molecule has 3 aromatic rings. The highest BCUT2D eigenvalue weighted by molar-refractivity contribution is 5.98. The van der Waals surface area contributed by atoms with E-state index < -0.39 is 78.3 Å². The summed E-state index contributed by atoms with van der Waals surface area (Å²) in [7, 11) is 4.24. The molecule has 3 aliphatic heterocycles. The van der Waals surface area contributed by atoms with E-state index in [0.29, 0.717) is 28.2 Å². The molecule has 55 heavy (non-hydrogen) atoms. The number of carbonyl (C=O) groups excluding carboxylic acids is 6. The average molecular weight is 759 g/mol. The molecular weight excluding hydrogens is 712 g/mol. The summed E-state index contributed by atoms with van der Waals surface area (Å²) in [6, 6.07) is 10.3. The molecule has 0 saturated carbocycles. The highest BCUT2D eigenvalue weighted by atomic mass is 16.5. The SMILES string of the molecule is COc1ccc(C[C@H]2C(=O)N[C@@H](C)C(=O)N[C@H]3Cc4ccc(cc4)Oc4cc(ccc4O)C[C@@H](C(=O)N[C@H](C)C(=O)N[C@@H](CO)C(=O)N2C)N(C)C3=O)cc1. The third-order valence-corrected chi connectivity index (χ3v) is 9.78. The fraction of sp³-hybridized carbons (Fsp3) is 0.385. The Hall–Kier alpha value is -6.16. The van der Waals surface area contributed by atoms with Crippen molar-refractivity contribution in [2.75, 3.05) is 27.8 Å². The molecule has 3 aromatic carbocycles. The van der Waals surface area contributed by atoms with E-state index in [9.17, 15) is 39.0 Å². The van der Waals surface area contributed by atoms with Gasteiger partial charge in [0, 0.05) is 33.4 Å². The number of fused-ring (bicyclic) bond motifs is 2. The molecule has 1 saturated heterocycles. The molecule has 16 heteroatoms. The van der Waals surface area contributed by atoms with Gasteiger partial charge in [0.25, 0.3) is 0 Å². The second-order valence-electron chi connectivity index (χ2n) is 13.7. The largest absolute Gasteiger partial charge is 0.504 e. The Morgan fingerprint density at radius 2 is 1.35 bits per heavy atom. The molecule has 0 radical (unpaired) electrons. The first-order valence-electron chi connectivity index (χ1n) is 17.8. The van der Waals surface area contributed by atoms with Crippen LogP contribution in [0, 0.1) is 0 Å². The number of carbonyl (C=O) groups is 6. The van der Waals surface area contributed by atoms with E-state index in [1.165, 1.54) is 52.1 Å². The second-order valence-corrected chi connectivity index (χ2v) is 13.7. The van der Waals surface area contributed by atoms with Crippen molar-refractivity contribution in [3.63, 3.8) is 0 Å². The number of rotatable bonds is 4. The molecule has 6 bridgehead atoms. The van der Waals surface area contributed by atoms with Crippen molar-refractivity contribution in [2.24, 2.45) is 0 Å². The molecule has 0 spiro atoms. The Bertz CT molecular complexity index is 1920. The van der Waals surface area contributed by atoms with E-state index in [0.717, 1.165) is 4.90 Å². The van der Waals surface area contributed by atoms with Crippen molar-refractivity contribution in [3.05, 3.63) is 83.4 Å². The number of ether oxygens (including phenoxy) is 2. The van der Waals surface area contributed by atoms with Crippen LogP contribution in [0.1, 0.15) is 30.5 Å². The highest BCUT2D eigenvalue weighted by Gasteiger charge is 2.38. The standard InChI is InChI=1S/C39H46N6O10/c1-21-34(48)42-28-16-23-8-13-27(14-9-23)55-33-19-25(10-15-32(33)47)18-31(44(3)38(28)52)37(51)41-22(2)35(49)43-29(20-46)39(53)45(4)30(36(50)40-21)17-24-6-11-26(54-5)12-7-24/h6-15,19,21-22,28-31,46-47H,16-18,20H2,1-5H3,(H,40,50)(H,41,51)(H,42,48)(H,43,49)/t21-,22+,28-,29-,30-,31-/m0/s1. The summed E-state index contributed by atoms with van der Waals surface area (Å²) in [4.78, 5) is 85.6. The first kappa shape index (κ1) is 40.0. The Labute approximate surface area is 318 Å². The number of methoxy groups -OCH3 is 1. The second kappa shape index (κ2) is 17.3. The van der Waals surface area contributed by atoms with Crippen LogP contribution in [0.4, 0.5) is 0 Å². The Morgan fingerprint density at radius 3 is 1.98 bits per heavy atom. The summed E-state index contributed by atoms with van der Waals surface area (Å²) >= 11 is 0. The summed E-state index contributed by atoms with van der Waals surface area (Å²) in [5.41, 5.74) is 1.76. The third-order valence-electron chi connectivity index (χ3n) is 9.78. The van der Waals surface area contributed by atoms with Crippen molar-refractivity contribution in [1.29, 1.82) is 0 Å². The van der Waals surface area contributed by atoms with Crippen LogP contribution in [0.3, 0.4) is 0 Å². The van der Waals surface area contributed by atoms with Gasteiger partial charge in [-0.3, -0.25) is 28.8 Å². The molecule has 6 rings (SSSR count). The van der Waals surface area contributed by atoms with Crippen LogP contribution < -0.4 is 30.7 Å². The number of likely N-dealkylation sites (N-methyl/N-ethyl adjacent to an activating group) is 2. The Kier molecular flexibility index (Phi) is 12.6. The number of nitrogens with one attached hydrogen (secondary N) is 4. The van der Waals surface area contributed by atoms with Gasteiger partial charge in [-0.25, -0.2) is 0 Å². The van der Waals surface area contributed by atoms with Crippen molar-refractivity contribution in [1.82, 2.24) is 31.1 Å². The maximum Gasteiger partial charge on any atom is 0.247 e. The smallest absolute Gasteiger partial charge is 0.247 e. The minimum absolute atomic E-state index is 0.0134. The van der Waals surface area contributed by atoms with Gasteiger partial charge in [-0.15, -0.1) is 0 Å². The highest BCUT2D eigenvalue weighted by Crippen LogP contribution is 2.33. The minimum atomic E-state index is -1.51. The molecule has 0 aromatic heterocycles. The van der Waals surface area contributed by atoms with Crippen LogP contribution in [0.25, 0.3) is 0 Å². The van der Waals surface area contributed by atoms with Crippen LogP contribution >= 0.6 is 0 Å². The van der Waals surface area contributed by atoms with Crippen molar-refractivity contribution in [2.45, 2.75) is 69.4 Å². The molecule has 16 nitrogen and oxygen atoms in total. The number of aliphatic hydroxyl groups excluding tert-OH is 1. The van der Waals surface area contributed by atoms with Gasteiger partial charge in [-0.2, -0.15) is 0 Å². The molecule has 6 atom stereocenters. The van der Waals surface area contributed by atoms with Gasteiger partial charge in [0.05, 0.1) is 13.7 Å². The lowest BCUT2D eigenvalue weighted by atomic mass is 9.99. The first-order valence-corrected chi connectivity index (χ1v) is 17.8. The topological polar surface area (TPSA) is 216 Å². The number of benzene rings is 3. The number of aliphatic hydroxyl groups is 1. The zero-order valence-electron chi connectivity index (χ0n) is 31.2. The minimum Gasteiger partial charge on any atom is -0.504 e. The summed E-state index contributed by atoms with van der Waals surface area (Å²) in [5.74, 6) is -3.50. The fourth-order valence-electron chi connectivity index (χ4n) is 6.37. The summed E-state index contributed by atoms with van der Waals surface area (Å²) in [6.45, 7) is 1.97. The molecule has 292 valence electrons. The lowest BCUT2D eigenvalue weighted by Crippen LogP contribution is -2.62. The van der Waals surface area contributed by atoms with Gasteiger partial charge in [-0.05, 0) is 66.9 Å². The van der Waals surface area contributed by atoms with Crippen LogP contribution in [0.2, 0.25) is 0 Å². The molecule has 0 unspecified atom stereocenters. The molecule has 6 amide bonds. The monoisotopic (exact) mass is 758 g/mol. The summed E-state index contributed by atoms with van der Waals surface area (Å²) in [6.07, 6.45) is -0.123. The Morgan fingerprint density at radius 1 is 0.727 bits per heavy atom. The van der Waals surface area contributed by atoms with Crippen LogP contribution in [-0.2, 0) is 48.0 Å². The maximum atomic E-state index is 14.4. The number of nitrogens with zero attached hydrogens (tertiary/aromatic N) is 2. The van der Waals surface area contributed by atoms with E-state index in [-0.39, 0.29) is 30.8 Å². The van der Waals surface area contributed by atoms with E-state index in [1.54, 1.807) is 54.6 Å². The first-order chi connectivity index (χ1) is 26.2. The number of aromatic hydroxyl groups is 1. The molecule has 3 aliphatic rings. The van der Waals surface area contributed by atoms with Gasteiger partial charge in [-0.1, -0.05) is 30.3 Å². The maximum absolute atomic E-state index is 14.4. The van der Waals surface area contributed by atoms with Gasteiger partial charge >= 0.3 is 0 Å². The normalized spacial score (nSPS) is 24.4. The molecule has 6 N–H and O–H groups in total. The zero-order chi connectivity index (χ0) is 40.0. The molecular formula is C39H46N6O10. The molecule has 0 aliphatic carbocycles. The van der Waals surface area contributed by atoms with E-state index in [4.69, 9.17) is 9.47 Å². The third kappa shape index (κ3) is 9.51. The van der Waals surface area contributed by atoms with E-state index >= 15 is 0 Å². The van der Waals surface area contributed by atoms with Gasteiger partial charge < -0.3 is 50.8 Å². The van der Waals surface area contributed by atoms with Gasteiger partial charge in [0.2, 0.25) is 35.4 Å². The predicted molar refractivity (Wildman–Crippen MR) is 198 cm³/mol. The van der Waals surface area contributed by atoms with Crippen molar-refractivity contribution >= 4 is 35.4 Å². The van der Waals surface area contributed by atoms with Crippen molar-refractivity contribution in [3.8, 4) is 23.0 Å². The fourth-order valence-corrected chi connectivity index (χ4v) is 6.37. The number of hydrogen-bond donors (Lipinski definition) is 6. The summed E-state index contributed by atoms with van der Waals surface area (Å²) < 4.78 is 11.2. The van der Waals surface area contributed by atoms with Gasteiger partial charge in [0.15, 0.2) is 11.5 Å². The Balaban J connectivity index is 1.55. The quantitative estimate of drug-likeness (QED) is 0.212.